The fraction of sp³-hybridized carbons (Fsp3) is 0.350. The van der Waals surface area contributed by atoms with Gasteiger partial charge in [-0.05, 0) is 26.8 Å². The van der Waals surface area contributed by atoms with Crippen LogP contribution in [0.15, 0.2) is 54.2 Å². The maximum atomic E-state index is 12.5. The van der Waals surface area contributed by atoms with Crippen LogP contribution in [-0.4, -0.2) is 44.4 Å². The fourth-order valence-corrected chi connectivity index (χ4v) is 3.46. The van der Waals surface area contributed by atoms with Crippen LogP contribution in [0.25, 0.3) is 11.4 Å². The molecule has 5 nitrogen and oxygen atoms in total. The molecular weight excluding hydrogens is 344 g/mol. The van der Waals surface area contributed by atoms with Crippen LogP contribution < -0.4 is 0 Å². The van der Waals surface area contributed by atoms with Gasteiger partial charge in [0.05, 0.1) is 5.75 Å². The van der Waals surface area contributed by atoms with Crippen molar-refractivity contribution in [3.05, 3.63) is 54.6 Å². The Morgan fingerprint density at radius 1 is 1.38 bits per heavy atom. The number of thioether (sulfide) groups is 1. The molecule has 1 aromatic heterocycles. The quantitative estimate of drug-likeness (QED) is 0.495. The summed E-state index contributed by atoms with van der Waals surface area (Å²) in [6.07, 6.45) is 1.81. The molecule has 0 unspecified atom stereocenters. The van der Waals surface area contributed by atoms with Crippen molar-refractivity contribution in [1.29, 1.82) is 0 Å². The molecule has 0 saturated carbocycles. The molecule has 0 atom stereocenters. The van der Waals surface area contributed by atoms with Crippen molar-refractivity contribution in [2.75, 3.05) is 18.8 Å². The minimum Gasteiger partial charge on any atom is -0.338 e. The van der Waals surface area contributed by atoms with E-state index in [0.717, 1.165) is 22.1 Å². The molecule has 0 N–H and O–H groups in total. The summed E-state index contributed by atoms with van der Waals surface area (Å²) >= 11 is 1.41. The van der Waals surface area contributed by atoms with Crippen molar-refractivity contribution in [2.24, 2.45) is 0 Å². The van der Waals surface area contributed by atoms with Crippen LogP contribution in [0.3, 0.4) is 0 Å². The molecular formula is C20H26N4OS. The number of amides is 1. The van der Waals surface area contributed by atoms with Crippen molar-refractivity contribution in [3.63, 3.8) is 0 Å². The summed E-state index contributed by atoms with van der Waals surface area (Å²) in [6.45, 7) is 15.5. The van der Waals surface area contributed by atoms with Crippen molar-refractivity contribution in [2.45, 2.75) is 32.5 Å². The number of rotatable bonds is 9. The minimum atomic E-state index is 0.0748. The van der Waals surface area contributed by atoms with Gasteiger partial charge in [-0.3, -0.25) is 9.36 Å². The van der Waals surface area contributed by atoms with Crippen LogP contribution in [0, 0.1) is 6.92 Å². The van der Waals surface area contributed by atoms with Gasteiger partial charge in [-0.2, -0.15) is 0 Å². The number of allylic oxidation sites excluding steroid dienone is 1. The highest BCUT2D eigenvalue weighted by molar-refractivity contribution is 7.99. The Hall–Kier alpha value is -2.34. The van der Waals surface area contributed by atoms with Gasteiger partial charge in [0.1, 0.15) is 0 Å². The molecule has 0 bridgehead atoms. The van der Waals surface area contributed by atoms with Crippen LogP contribution >= 0.6 is 11.8 Å². The predicted molar refractivity (Wildman–Crippen MR) is 108 cm³/mol. The molecule has 1 heterocycles. The standard InChI is InChI=1S/C20H26N4OS/c1-6-11-24-19(17-10-8-9-16(5)12-17)21-22-20(24)26-14-18(25)23(7-2)13-15(3)4/h6,8-10,12H,1,3,7,11,13-14H2,2,4-5H3. The van der Waals surface area contributed by atoms with Crippen LogP contribution in [0.5, 0.6) is 0 Å². The lowest BCUT2D eigenvalue weighted by atomic mass is 10.1. The zero-order valence-corrected chi connectivity index (χ0v) is 16.6. The summed E-state index contributed by atoms with van der Waals surface area (Å²) in [4.78, 5) is 14.3. The van der Waals surface area contributed by atoms with E-state index in [-0.39, 0.29) is 5.91 Å². The van der Waals surface area contributed by atoms with E-state index in [4.69, 9.17) is 0 Å². The minimum absolute atomic E-state index is 0.0748. The van der Waals surface area contributed by atoms with E-state index in [9.17, 15) is 4.79 Å². The monoisotopic (exact) mass is 370 g/mol. The molecule has 2 aromatic rings. The summed E-state index contributed by atoms with van der Waals surface area (Å²) in [5, 5.41) is 9.36. The third kappa shape index (κ3) is 5.08. The molecule has 0 radical (unpaired) electrons. The molecule has 0 aliphatic heterocycles. The third-order valence-corrected chi connectivity index (χ3v) is 4.78. The first kappa shape index (κ1) is 20.0. The van der Waals surface area contributed by atoms with Crippen molar-refractivity contribution < 1.29 is 4.79 Å². The van der Waals surface area contributed by atoms with Crippen LogP contribution in [0.1, 0.15) is 19.4 Å². The molecule has 6 heteroatoms. The van der Waals surface area contributed by atoms with Gasteiger partial charge in [0.2, 0.25) is 5.91 Å². The van der Waals surface area contributed by atoms with Gasteiger partial charge in [-0.1, -0.05) is 53.8 Å². The van der Waals surface area contributed by atoms with E-state index in [1.807, 2.05) is 49.6 Å². The molecule has 0 fully saturated rings. The highest BCUT2D eigenvalue weighted by Crippen LogP contribution is 2.25. The Bertz CT molecular complexity index is 797. The average molecular weight is 371 g/mol. The zero-order chi connectivity index (χ0) is 19.1. The van der Waals surface area contributed by atoms with Crippen LogP contribution in [0.4, 0.5) is 0 Å². The Morgan fingerprint density at radius 2 is 2.15 bits per heavy atom. The lowest BCUT2D eigenvalue weighted by molar-refractivity contribution is -0.127. The molecule has 1 amide bonds. The number of hydrogen-bond acceptors (Lipinski definition) is 4. The zero-order valence-electron chi connectivity index (χ0n) is 15.7. The largest absolute Gasteiger partial charge is 0.338 e. The first-order valence-corrected chi connectivity index (χ1v) is 9.60. The van der Waals surface area contributed by atoms with Gasteiger partial charge in [0.15, 0.2) is 11.0 Å². The summed E-state index contributed by atoms with van der Waals surface area (Å²) in [7, 11) is 0. The fourth-order valence-electron chi connectivity index (χ4n) is 2.61. The molecule has 26 heavy (non-hydrogen) atoms. The second kappa shape index (κ2) is 9.38. The summed E-state index contributed by atoms with van der Waals surface area (Å²) < 4.78 is 1.99. The second-order valence-electron chi connectivity index (χ2n) is 6.23. The lowest BCUT2D eigenvalue weighted by Gasteiger charge is -2.20. The van der Waals surface area contributed by atoms with Crippen LogP contribution in [-0.2, 0) is 11.3 Å². The van der Waals surface area contributed by atoms with Gasteiger partial charge < -0.3 is 4.90 Å². The van der Waals surface area contributed by atoms with Gasteiger partial charge >= 0.3 is 0 Å². The topological polar surface area (TPSA) is 51.0 Å². The first-order chi connectivity index (χ1) is 12.5. The Labute approximate surface area is 159 Å². The number of aryl methyl sites for hydroxylation is 1. The summed E-state index contributed by atoms with van der Waals surface area (Å²) in [5.41, 5.74) is 3.15. The van der Waals surface area contributed by atoms with Crippen molar-refractivity contribution >= 4 is 17.7 Å². The molecule has 1 aromatic carbocycles. The summed E-state index contributed by atoms with van der Waals surface area (Å²) in [5.74, 6) is 1.19. The molecule has 0 aliphatic carbocycles. The second-order valence-corrected chi connectivity index (χ2v) is 7.17. The third-order valence-electron chi connectivity index (χ3n) is 3.82. The van der Waals surface area contributed by atoms with Gasteiger partial charge in [-0.15, -0.1) is 16.8 Å². The number of nitrogens with zero attached hydrogens (tertiary/aromatic N) is 4. The van der Waals surface area contributed by atoms with Gasteiger partial charge in [0, 0.05) is 25.2 Å². The summed E-state index contributed by atoms with van der Waals surface area (Å²) in [6, 6.07) is 8.15. The van der Waals surface area contributed by atoms with E-state index in [0.29, 0.717) is 25.4 Å². The van der Waals surface area contributed by atoms with E-state index in [1.165, 1.54) is 17.3 Å². The maximum Gasteiger partial charge on any atom is 0.233 e. The average Bonchev–Trinajstić information content (AvgIpc) is 3.00. The van der Waals surface area contributed by atoms with Crippen molar-refractivity contribution in [3.8, 4) is 11.4 Å². The highest BCUT2D eigenvalue weighted by Gasteiger charge is 2.17. The lowest BCUT2D eigenvalue weighted by Crippen LogP contribution is -2.33. The normalized spacial score (nSPS) is 10.6. The van der Waals surface area contributed by atoms with Crippen molar-refractivity contribution in [1.82, 2.24) is 19.7 Å². The number of benzene rings is 1. The van der Waals surface area contributed by atoms with E-state index >= 15 is 0 Å². The first-order valence-electron chi connectivity index (χ1n) is 8.62. The molecule has 0 aliphatic rings. The maximum absolute atomic E-state index is 12.5. The number of aromatic nitrogens is 3. The smallest absolute Gasteiger partial charge is 0.233 e. The van der Waals surface area contributed by atoms with E-state index in [1.54, 1.807) is 4.90 Å². The Balaban J connectivity index is 2.18. The Kier molecular flexibility index (Phi) is 7.21. The number of hydrogen-bond donors (Lipinski definition) is 0. The van der Waals surface area contributed by atoms with E-state index in [2.05, 4.69) is 29.4 Å². The number of carbonyl (C=O) groups is 1. The van der Waals surface area contributed by atoms with Crippen LogP contribution in [0.2, 0.25) is 0 Å². The SMILES string of the molecule is C=CCn1c(SCC(=O)N(CC)CC(=C)C)nnc1-c1cccc(C)c1. The van der Waals surface area contributed by atoms with Gasteiger partial charge in [-0.25, -0.2) is 0 Å². The highest BCUT2D eigenvalue weighted by atomic mass is 32.2. The van der Waals surface area contributed by atoms with E-state index < -0.39 is 0 Å². The molecule has 2 rings (SSSR count). The predicted octanol–water partition coefficient (Wildman–Crippen LogP) is 3.96. The molecule has 0 spiro atoms. The van der Waals surface area contributed by atoms with Gasteiger partial charge in [0.25, 0.3) is 0 Å². The number of carbonyl (C=O) groups excluding carboxylic acids is 1. The molecule has 0 saturated heterocycles. The molecule has 138 valence electrons. The number of likely N-dealkylation sites (N-methyl/N-ethyl adjacent to an activating group) is 1. The Morgan fingerprint density at radius 3 is 2.77 bits per heavy atom.